The second-order valence-electron chi connectivity index (χ2n) is 5.01. The molecular formula is C16H16N4O2S. The average molecular weight is 328 g/mol. The molecule has 0 aliphatic carbocycles. The van der Waals surface area contributed by atoms with Crippen LogP contribution in [-0.4, -0.2) is 33.7 Å². The number of ether oxygens (including phenoxy) is 1. The van der Waals surface area contributed by atoms with Gasteiger partial charge in [-0.05, 0) is 36.6 Å². The van der Waals surface area contributed by atoms with Crippen molar-refractivity contribution in [2.45, 2.75) is 13.0 Å². The SMILES string of the molecule is C[C@H](CNC(=O)c1cc(-c2ccsc2)n[nH]1)Oc1cccnc1. The van der Waals surface area contributed by atoms with Gasteiger partial charge in [0, 0.05) is 17.1 Å². The number of carbonyl (C=O) groups excluding carboxylic acids is 1. The number of nitrogens with zero attached hydrogens (tertiary/aromatic N) is 2. The molecule has 0 unspecified atom stereocenters. The number of nitrogens with one attached hydrogen (secondary N) is 2. The molecule has 0 saturated carbocycles. The van der Waals surface area contributed by atoms with Gasteiger partial charge in [-0.2, -0.15) is 16.4 Å². The van der Waals surface area contributed by atoms with E-state index in [9.17, 15) is 4.79 Å². The molecule has 0 spiro atoms. The van der Waals surface area contributed by atoms with Crippen LogP contribution >= 0.6 is 11.3 Å². The lowest BCUT2D eigenvalue weighted by Crippen LogP contribution is -2.33. The van der Waals surface area contributed by atoms with Gasteiger partial charge in [0.1, 0.15) is 17.5 Å². The molecule has 0 aliphatic rings. The quantitative estimate of drug-likeness (QED) is 0.729. The Hall–Kier alpha value is -2.67. The third-order valence-corrected chi connectivity index (χ3v) is 3.84. The van der Waals surface area contributed by atoms with E-state index in [1.807, 2.05) is 29.8 Å². The Balaban J connectivity index is 1.53. The van der Waals surface area contributed by atoms with Crippen molar-refractivity contribution in [3.63, 3.8) is 0 Å². The van der Waals surface area contributed by atoms with Crippen molar-refractivity contribution in [1.82, 2.24) is 20.5 Å². The second kappa shape index (κ2) is 7.06. The molecule has 3 aromatic heterocycles. The maximum absolute atomic E-state index is 12.1. The molecule has 0 radical (unpaired) electrons. The van der Waals surface area contributed by atoms with Crippen LogP contribution in [-0.2, 0) is 0 Å². The lowest BCUT2D eigenvalue weighted by Gasteiger charge is -2.14. The molecule has 1 atom stereocenters. The van der Waals surface area contributed by atoms with Gasteiger partial charge in [0.15, 0.2) is 0 Å². The molecule has 3 heterocycles. The average Bonchev–Trinajstić information content (AvgIpc) is 3.24. The molecule has 0 saturated heterocycles. The Bertz CT molecular complexity index is 756. The van der Waals surface area contributed by atoms with Gasteiger partial charge in [0.05, 0.1) is 18.4 Å². The Morgan fingerprint density at radius 1 is 1.48 bits per heavy atom. The number of aromatic nitrogens is 3. The summed E-state index contributed by atoms with van der Waals surface area (Å²) in [6, 6.07) is 7.33. The molecule has 23 heavy (non-hydrogen) atoms. The summed E-state index contributed by atoms with van der Waals surface area (Å²) in [7, 11) is 0. The first-order chi connectivity index (χ1) is 11.2. The molecule has 0 aromatic carbocycles. The first kappa shape index (κ1) is 15.2. The lowest BCUT2D eigenvalue weighted by molar-refractivity contribution is 0.0927. The maximum Gasteiger partial charge on any atom is 0.269 e. The van der Waals surface area contributed by atoms with E-state index in [4.69, 9.17) is 4.74 Å². The van der Waals surface area contributed by atoms with Crippen LogP contribution in [0.1, 0.15) is 17.4 Å². The van der Waals surface area contributed by atoms with E-state index < -0.39 is 0 Å². The summed E-state index contributed by atoms with van der Waals surface area (Å²) in [6.07, 6.45) is 3.16. The third-order valence-electron chi connectivity index (χ3n) is 3.16. The van der Waals surface area contributed by atoms with Crippen molar-refractivity contribution in [3.05, 3.63) is 53.1 Å². The van der Waals surface area contributed by atoms with Crippen molar-refractivity contribution in [1.29, 1.82) is 0 Å². The number of aromatic amines is 1. The molecular weight excluding hydrogens is 312 g/mol. The molecule has 3 rings (SSSR count). The molecule has 118 valence electrons. The van der Waals surface area contributed by atoms with E-state index >= 15 is 0 Å². The Morgan fingerprint density at radius 2 is 2.39 bits per heavy atom. The van der Waals surface area contributed by atoms with Gasteiger partial charge in [-0.25, -0.2) is 0 Å². The number of amides is 1. The summed E-state index contributed by atoms with van der Waals surface area (Å²) in [5, 5.41) is 13.7. The van der Waals surface area contributed by atoms with Crippen LogP contribution in [0.15, 0.2) is 47.4 Å². The second-order valence-corrected chi connectivity index (χ2v) is 5.79. The number of pyridine rings is 1. The summed E-state index contributed by atoms with van der Waals surface area (Å²) in [4.78, 5) is 16.1. The van der Waals surface area contributed by atoms with Crippen LogP contribution in [0, 0.1) is 0 Å². The first-order valence-corrected chi connectivity index (χ1v) is 8.09. The lowest BCUT2D eigenvalue weighted by atomic mass is 10.2. The fourth-order valence-electron chi connectivity index (χ4n) is 2.02. The molecule has 2 N–H and O–H groups in total. The Morgan fingerprint density at radius 3 is 3.13 bits per heavy atom. The molecule has 1 amide bonds. The van der Waals surface area contributed by atoms with Gasteiger partial charge in [-0.3, -0.25) is 14.9 Å². The van der Waals surface area contributed by atoms with Crippen molar-refractivity contribution in [2.75, 3.05) is 6.54 Å². The highest BCUT2D eigenvalue weighted by Gasteiger charge is 2.13. The zero-order valence-corrected chi connectivity index (χ0v) is 13.3. The highest BCUT2D eigenvalue weighted by molar-refractivity contribution is 7.08. The summed E-state index contributed by atoms with van der Waals surface area (Å²) in [6.45, 7) is 2.28. The van der Waals surface area contributed by atoms with Crippen LogP contribution in [0.25, 0.3) is 11.3 Å². The molecule has 6 nitrogen and oxygen atoms in total. The van der Waals surface area contributed by atoms with E-state index in [-0.39, 0.29) is 12.0 Å². The predicted octanol–water partition coefficient (Wildman–Crippen LogP) is 2.73. The zero-order valence-electron chi connectivity index (χ0n) is 12.5. The molecule has 0 fully saturated rings. The first-order valence-electron chi connectivity index (χ1n) is 7.15. The molecule has 0 aliphatic heterocycles. The largest absolute Gasteiger partial charge is 0.487 e. The zero-order chi connectivity index (χ0) is 16.1. The molecule has 7 heteroatoms. The van der Waals surface area contributed by atoms with Crippen LogP contribution in [0.4, 0.5) is 0 Å². The minimum absolute atomic E-state index is 0.164. The number of rotatable bonds is 6. The van der Waals surface area contributed by atoms with Gasteiger partial charge >= 0.3 is 0 Å². The summed E-state index contributed by atoms with van der Waals surface area (Å²) < 4.78 is 5.66. The fraction of sp³-hybridized carbons (Fsp3) is 0.188. The number of H-pyrrole nitrogens is 1. The van der Waals surface area contributed by atoms with E-state index in [1.54, 1.807) is 35.9 Å². The number of hydrogen-bond donors (Lipinski definition) is 2. The van der Waals surface area contributed by atoms with Gasteiger partial charge < -0.3 is 10.1 Å². The van der Waals surface area contributed by atoms with Gasteiger partial charge in [-0.15, -0.1) is 0 Å². The van der Waals surface area contributed by atoms with Crippen LogP contribution < -0.4 is 10.1 Å². The summed E-state index contributed by atoms with van der Waals surface area (Å²) >= 11 is 1.59. The van der Waals surface area contributed by atoms with E-state index in [0.717, 1.165) is 11.3 Å². The highest BCUT2D eigenvalue weighted by atomic mass is 32.1. The standard InChI is InChI=1S/C16H16N4O2S/c1-11(22-13-3-2-5-17-9-13)8-18-16(21)15-7-14(19-20-15)12-4-6-23-10-12/h2-7,9-11H,8H2,1H3,(H,18,21)(H,19,20)/t11-/m1/s1. The van der Waals surface area contributed by atoms with Crippen LogP contribution in [0.5, 0.6) is 5.75 Å². The van der Waals surface area contributed by atoms with Gasteiger partial charge in [0.25, 0.3) is 5.91 Å². The van der Waals surface area contributed by atoms with Crippen LogP contribution in [0.3, 0.4) is 0 Å². The van der Waals surface area contributed by atoms with E-state index in [1.165, 1.54) is 0 Å². The van der Waals surface area contributed by atoms with Gasteiger partial charge in [-0.1, -0.05) is 0 Å². The number of hydrogen-bond acceptors (Lipinski definition) is 5. The topological polar surface area (TPSA) is 79.9 Å². The summed E-state index contributed by atoms with van der Waals surface area (Å²) in [5.74, 6) is 0.469. The summed E-state index contributed by atoms with van der Waals surface area (Å²) in [5.41, 5.74) is 2.19. The predicted molar refractivity (Wildman–Crippen MR) is 88.6 cm³/mol. The van der Waals surface area contributed by atoms with Crippen molar-refractivity contribution >= 4 is 17.2 Å². The minimum Gasteiger partial charge on any atom is -0.487 e. The van der Waals surface area contributed by atoms with Crippen molar-refractivity contribution < 1.29 is 9.53 Å². The fourth-order valence-corrected chi connectivity index (χ4v) is 2.67. The Labute approximate surface area is 137 Å². The monoisotopic (exact) mass is 328 g/mol. The number of thiophene rings is 1. The highest BCUT2D eigenvalue weighted by Crippen LogP contribution is 2.20. The normalized spacial score (nSPS) is 11.9. The van der Waals surface area contributed by atoms with Crippen molar-refractivity contribution in [2.24, 2.45) is 0 Å². The Kier molecular flexibility index (Phi) is 4.68. The van der Waals surface area contributed by atoms with Gasteiger partial charge in [0.2, 0.25) is 0 Å². The molecule has 0 bridgehead atoms. The molecule has 3 aromatic rings. The minimum atomic E-state index is -0.208. The maximum atomic E-state index is 12.1. The third kappa shape index (κ3) is 3.95. The van der Waals surface area contributed by atoms with Crippen LogP contribution in [0.2, 0.25) is 0 Å². The van der Waals surface area contributed by atoms with E-state index in [0.29, 0.717) is 18.0 Å². The number of carbonyl (C=O) groups is 1. The smallest absolute Gasteiger partial charge is 0.269 e. The van der Waals surface area contributed by atoms with Crippen molar-refractivity contribution in [3.8, 4) is 17.0 Å². The van der Waals surface area contributed by atoms with E-state index in [2.05, 4.69) is 20.5 Å².